The van der Waals surface area contributed by atoms with Crippen molar-refractivity contribution in [2.24, 2.45) is 5.41 Å². The molecule has 0 bridgehead atoms. The molecule has 80 valence electrons. The van der Waals surface area contributed by atoms with Crippen LogP contribution in [0.25, 0.3) is 10.9 Å². The van der Waals surface area contributed by atoms with Crippen LogP contribution in [0.1, 0.15) is 26.3 Å². The number of nitrogens with zero attached hydrogens (tertiary/aromatic N) is 1. The van der Waals surface area contributed by atoms with Crippen molar-refractivity contribution >= 4 is 10.9 Å². The van der Waals surface area contributed by atoms with Gasteiger partial charge in [-0.05, 0) is 45.0 Å². The molecule has 0 amide bonds. The van der Waals surface area contributed by atoms with Gasteiger partial charge in [-0.2, -0.15) is 0 Å². The molecule has 0 N–H and O–H groups in total. The van der Waals surface area contributed by atoms with E-state index in [4.69, 9.17) is 0 Å². The third kappa shape index (κ3) is 2.61. The van der Waals surface area contributed by atoms with Crippen molar-refractivity contribution in [1.82, 2.24) is 4.98 Å². The van der Waals surface area contributed by atoms with E-state index in [2.05, 4.69) is 49.7 Å². The lowest BCUT2D eigenvalue weighted by Gasteiger charge is -2.06. The molecule has 0 aliphatic carbocycles. The first-order chi connectivity index (χ1) is 7.54. The van der Waals surface area contributed by atoms with Gasteiger partial charge in [0.25, 0.3) is 0 Å². The lowest BCUT2D eigenvalue weighted by atomic mass is 9.97. The largest absolute Gasteiger partial charge is 0.256 e. The monoisotopic (exact) mass is 209 g/mol. The van der Waals surface area contributed by atoms with E-state index in [1.165, 1.54) is 0 Å². The van der Waals surface area contributed by atoms with Crippen molar-refractivity contribution in [1.29, 1.82) is 0 Å². The summed E-state index contributed by atoms with van der Waals surface area (Å²) in [6, 6.07) is 10.1. The van der Waals surface area contributed by atoms with Gasteiger partial charge in [-0.15, -0.1) is 0 Å². The Morgan fingerprint density at radius 2 is 1.94 bits per heavy atom. The van der Waals surface area contributed by atoms with E-state index in [0.29, 0.717) is 0 Å². The van der Waals surface area contributed by atoms with E-state index >= 15 is 0 Å². The van der Waals surface area contributed by atoms with E-state index in [1.807, 2.05) is 24.4 Å². The highest BCUT2D eigenvalue weighted by atomic mass is 14.6. The summed E-state index contributed by atoms with van der Waals surface area (Å²) in [5, 5.41) is 1.14. The first-order valence-corrected chi connectivity index (χ1v) is 5.43. The average Bonchev–Trinajstić information content (AvgIpc) is 2.25. The predicted octanol–water partition coefficient (Wildman–Crippen LogP) is 3.63. The van der Waals surface area contributed by atoms with Gasteiger partial charge in [0.2, 0.25) is 0 Å². The molecule has 1 nitrogen and oxygen atoms in total. The molecule has 0 radical (unpaired) electrons. The molecule has 1 aromatic heterocycles. The molecule has 2 aromatic rings. The minimum atomic E-state index is 0.0455. The summed E-state index contributed by atoms with van der Waals surface area (Å²) >= 11 is 0. The summed E-state index contributed by atoms with van der Waals surface area (Å²) in [7, 11) is 0. The van der Waals surface area contributed by atoms with Crippen molar-refractivity contribution < 1.29 is 0 Å². The van der Waals surface area contributed by atoms with Crippen LogP contribution in [-0.4, -0.2) is 4.98 Å². The summed E-state index contributed by atoms with van der Waals surface area (Å²) in [5.74, 6) is 6.43. The number of hydrogen-bond donors (Lipinski definition) is 0. The van der Waals surface area contributed by atoms with Gasteiger partial charge in [0.15, 0.2) is 0 Å². The minimum absolute atomic E-state index is 0.0455. The third-order valence-electron chi connectivity index (χ3n) is 2.18. The second kappa shape index (κ2) is 3.98. The van der Waals surface area contributed by atoms with E-state index in [-0.39, 0.29) is 5.41 Å². The predicted molar refractivity (Wildman–Crippen MR) is 68.1 cm³/mol. The second-order valence-corrected chi connectivity index (χ2v) is 4.91. The fraction of sp³-hybridized carbons (Fsp3) is 0.267. The number of pyridine rings is 1. The van der Waals surface area contributed by atoms with Crippen LogP contribution < -0.4 is 0 Å². The second-order valence-electron chi connectivity index (χ2n) is 4.91. The van der Waals surface area contributed by atoms with Crippen LogP contribution in [0.4, 0.5) is 0 Å². The molecule has 0 aliphatic heterocycles. The maximum atomic E-state index is 4.28. The third-order valence-corrected chi connectivity index (χ3v) is 2.18. The standard InChI is InChI=1S/C15H15N/c1-15(2,3)9-8-12-6-7-14-13(11-12)5-4-10-16-14/h4-7,10-11H,1-3H3. The zero-order valence-electron chi connectivity index (χ0n) is 9.91. The molecule has 1 aromatic carbocycles. The van der Waals surface area contributed by atoms with Gasteiger partial charge in [-0.1, -0.05) is 17.9 Å². The highest BCUT2D eigenvalue weighted by molar-refractivity contribution is 5.79. The van der Waals surface area contributed by atoms with Gasteiger partial charge in [0, 0.05) is 22.6 Å². The van der Waals surface area contributed by atoms with Crippen molar-refractivity contribution in [3.05, 3.63) is 42.1 Å². The molecular formula is C15H15N. The van der Waals surface area contributed by atoms with Crippen LogP contribution in [0.15, 0.2) is 36.5 Å². The van der Waals surface area contributed by atoms with Gasteiger partial charge in [-0.3, -0.25) is 4.98 Å². The summed E-state index contributed by atoms with van der Waals surface area (Å²) < 4.78 is 0. The fourth-order valence-electron chi connectivity index (χ4n) is 1.41. The lowest BCUT2D eigenvalue weighted by Crippen LogP contribution is -1.99. The molecule has 2 rings (SSSR count). The van der Waals surface area contributed by atoms with Gasteiger partial charge >= 0.3 is 0 Å². The molecule has 0 saturated heterocycles. The fourth-order valence-corrected chi connectivity index (χ4v) is 1.41. The smallest absolute Gasteiger partial charge is 0.0702 e. The highest BCUT2D eigenvalue weighted by Crippen LogP contribution is 2.14. The molecule has 1 heteroatoms. The maximum Gasteiger partial charge on any atom is 0.0702 e. The topological polar surface area (TPSA) is 12.9 Å². The molecule has 0 spiro atoms. The number of hydrogen-bond acceptors (Lipinski definition) is 1. The summed E-state index contributed by atoms with van der Waals surface area (Å²) in [6.45, 7) is 6.34. The minimum Gasteiger partial charge on any atom is -0.256 e. The molecule has 16 heavy (non-hydrogen) atoms. The highest BCUT2D eigenvalue weighted by Gasteiger charge is 2.03. The molecule has 0 unspecified atom stereocenters. The quantitative estimate of drug-likeness (QED) is 0.604. The zero-order chi connectivity index (χ0) is 11.6. The number of rotatable bonds is 0. The Labute approximate surface area is 96.5 Å². The Morgan fingerprint density at radius 1 is 1.12 bits per heavy atom. The van der Waals surface area contributed by atoms with Crippen LogP contribution in [0.3, 0.4) is 0 Å². The van der Waals surface area contributed by atoms with Crippen molar-refractivity contribution in [3.63, 3.8) is 0 Å². The summed E-state index contributed by atoms with van der Waals surface area (Å²) in [5.41, 5.74) is 2.11. The van der Waals surface area contributed by atoms with E-state index < -0.39 is 0 Å². The van der Waals surface area contributed by atoms with Crippen LogP contribution >= 0.6 is 0 Å². The number of aromatic nitrogens is 1. The Hall–Kier alpha value is -1.81. The SMILES string of the molecule is CC(C)(C)C#Cc1ccc2ncccc2c1. The Morgan fingerprint density at radius 3 is 2.69 bits per heavy atom. The Kier molecular flexibility index (Phi) is 2.66. The van der Waals surface area contributed by atoms with Gasteiger partial charge in [0.1, 0.15) is 0 Å². The van der Waals surface area contributed by atoms with Gasteiger partial charge in [0.05, 0.1) is 5.52 Å². The number of benzene rings is 1. The normalized spacial score (nSPS) is 10.9. The van der Waals surface area contributed by atoms with Crippen LogP contribution in [0.2, 0.25) is 0 Å². The molecule has 1 heterocycles. The van der Waals surface area contributed by atoms with E-state index in [0.717, 1.165) is 16.5 Å². The van der Waals surface area contributed by atoms with Gasteiger partial charge in [-0.25, -0.2) is 0 Å². The molecule has 0 aliphatic rings. The van der Waals surface area contributed by atoms with E-state index in [1.54, 1.807) is 0 Å². The Bertz CT molecular complexity index is 565. The molecule has 0 saturated carbocycles. The first kappa shape index (κ1) is 10.7. The van der Waals surface area contributed by atoms with Crippen molar-refractivity contribution in [3.8, 4) is 11.8 Å². The van der Waals surface area contributed by atoms with Crippen molar-refractivity contribution in [2.75, 3.05) is 0 Å². The molecule has 0 fully saturated rings. The molecule has 0 atom stereocenters. The Balaban J connectivity index is 2.43. The maximum absolute atomic E-state index is 4.28. The lowest BCUT2D eigenvalue weighted by molar-refractivity contribution is 0.571. The van der Waals surface area contributed by atoms with Crippen molar-refractivity contribution in [2.45, 2.75) is 20.8 Å². The van der Waals surface area contributed by atoms with Crippen LogP contribution in [0.5, 0.6) is 0 Å². The van der Waals surface area contributed by atoms with Gasteiger partial charge < -0.3 is 0 Å². The van der Waals surface area contributed by atoms with E-state index in [9.17, 15) is 0 Å². The zero-order valence-corrected chi connectivity index (χ0v) is 9.91. The van der Waals surface area contributed by atoms with Crippen LogP contribution in [0, 0.1) is 17.3 Å². The van der Waals surface area contributed by atoms with Crippen LogP contribution in [-0.2, 0) is 0 Å². The number of fused-ring (bicyclic) bond motifs is 1. The summed E-state index contributed by atoms with van der Waals surface area (Å²) in [4.78, 5) is 4.28. The molecular weight excluding hydrogens is 194 g/mol. The first-order valence-electron chi connectivity index (χ1n) is 5.43. The average molecular weight is 209 g/mol. The summed E-state index contributed by atoms with van der Waals surface area (Å²) in [6.07, 6.45) is 1.81.